The average Bonchev–Trinajstić information content (AvgIpc) is 2.44. The van der Waals surface area contributed by atoms with Crippen LogP contribution in [0.15, 0.2) is 54.9 Å². The molecule has 1 aromatic heterocycles. The molecule has 0 bridgehead atoms. The molecule has 0 saturated carbocycles. The minimum Gasteiger partial charge on any atom is -0.285 e. The van der Waals surface area contributed by atoms with Crippen molar-refractivity contribution in [3.05, 3.63) is 66.0 Å². The number of hydrogen-bond acceptors (Lipinski definition) is 2. The highest BCUT2D eigenvalue weighted by molar-refractivity contribution is 7.85. The molecule has 0 aliphatic heterocycles. The van der Waals surface area contributed by atoms with Crippen LogP contribution >= 0.6 is 0 Å². The Hall–Kier alpha value is -1.98. The van der Waals surface area contributed by atoms with Gasteiger partial charge in [0.15, 0.2) is 18.9 Å². The van der Waals surface area contributed by atoms with Gasteiger partial charge in [0.25, 0.3) is 10.1 Å². The minimum absolute atomic E-state index is 0.238. The predicted molar refractivity (Wildman–Crippen MR) is 78.4 cm³/mol. The molecule has 20 heavy (non-hydrogen) atoms. The minimum atomic E-state index is -3.91. The van der Waals surface area contributed by atoms with E-state index in [0.29, 0.717) is 0 Å². The second-order valence-electron chi connectivity index (χ2n) is 4.40. The highest BCUT2D eigenvalue weighted by Gasteiger charge is 2.08. The zero-order valence-electron chi connectivity index (χ0n) is 10.9. The quantitative estimate of drug-likeness (QED) is 0.677. The van der Waals surface area contributed by atoms with Crippen LogP contribution in [-0.2, 0) is 16.7 Å². The third-order valence-electron chi connectivity index (χ3n) is 2.79. The Labute approximate surface area is 118 Å². The van der Waals surface area contributed by atoms with E-state index in [-0.39, 0.29) is 12.3 Å². The second-order valence-corrected chi connectivity index (χ2v) is 5.97. The molecule has 0 saturated heterocycles. The van der Waals surface area contributed by atoms with Crippen LogP contribution in [0.5, 0.6) is 0 Å². The third-order valence-corrected chi connectivity index (χ3v) is 3.49. The first-order chi connectivity index (χ1) is 9.53. The van der Waals surface area contributed by atoms with Gasteiger partial charge < -0.3 is 0 Å². The lowest BCUT2D eigenvalue weighted by molar-refractivity contribution is -0.692. The number of pyridine rings is 1. The van der Waals surface area contributed by atoms with Crippen molar-refractivity contribution >= 4 is 22.3 Å². The Kier molecular flexibility index (Phi) is 4.65. The summed E-state index contributed by atoms with van der Waals surface area (Å²) < 4.78 is 31.7. The van der Waals surface area contributed by atoms with E-state index >= 15 is 0 Å². The van der Waals surface area contributed by atoms with Gasteiger partial charge in [-0.3, -0.25) is 4.55 Å². The summed E-state index contributed by atoms with van der Waals surface area (Å²) >= 11 is 0. The molecule has 1 heterocycles. The molecule has 0 amide bonds. The van der Waals surface area contributed by atoms with Gasteiger partial charge in [-0.25, -0.2) is 4.57 Å². The number of hydrogen-bond donors (Lipinski definition) is 1. The van der Waals surface area contributed by atoms with Gasteiger partial charge >= 0.3 is 0 Å². The van der Waals surface area contributed by atoms with Crippen molar-refractivity contribution in [1.29, 1.82) is 0 Å². The number of aromatic nitrogens is 1. The van der Waals surface area contributed by atoms with Crippen molar-refractivity contribution in [1.82, 2.24) is 0 Å². The van der Waals surface area contributed by atoms with E-state index in [9.17, 15) is 8.42 Å². The molecular formula is C15H16NO3S+. The van der Waals surface area contributed by atoms with Gasteiger partial charge in [-0.1, -0.05) is 42.5 Å². The first kappa shape index (κ1) is 14.4. The molecule has 4 nitrogen and oxygen atoms in total. The fourth-order valence-corrected chi connectivity index (χ4v) is 2.15. The first-order valence-corrected chi connectivity index (χ1v) is 7.81. The van der Waals surface area contributed by atoms with E-state index in [1.165, 1.54) is 0 Å². The van der Waals surface area contributed by atoms with Crippen LogP contribution in [0.1, 0.15) is 11.1 Å². The summed E-state index contributed by atoms with van der Waals surface area (Å²) in [7, 11) is -3.91. The van der Waals surface area contributed by atoms with E-state index in [1.54, 1.807) is 17.0 Å². The number of aryl methyl sites for hydroxylation is 1. The monoisotopic (exact) mass is 290 g/mol. The molecule has 0 aliphatic rings. The van der Waals surface area contributed by atoms with Gasteiger partial charge in [-0.05, 0) is 11.1 Å². The molecule has 0 unspecified atom stereocenters. The molecule has 104 valence electrons. The third kappa shape index (κ3) is 4.95. The van der Waals surface area contributed by atoms with Gasteiger partial charge in [0, 0.05) is 12.1 Å². The van der Waals surface area contributed by atoms with Crippen LogP contribution in [0, 0.1) is 0 Å². The van der Waals surface area contributed by atoms with Crippen molar-refractivity contribution in [2.45, 2.75) is 6.54 Å². The molecule has 1 aromatic carbocycles. The van der Waals surface area contributed by atoms with Crippen LogP contribution in [0.3, 0.4) is 0 Å². The van der Waals surface area contributed by atoms with Crippen LogP contribution < -0.4 is 4.57 Å². The van der Waals surface area contributed by atoms with E-state index in [4.69, 9.17) is 4.55 Å². The summed E-state index contributed by atoms with van der Waals surface area (Å²) in [6, 6.07) is 13.8. The lowest BCUT2D eigenvalue weighted by Crippen LogP contribution is -2.36. The maximum Gasteiger partial charge on any atom is 0.271 e. The van der Waals surface area contributed by atoms with Gasteiger partial charge in [0.1, 0.15) is 5.75 Å². The predicted octanol–water partition coefficient (Wildman–Crippen LogP) is 2.03. The molecular weight excluding hydrogens is 274 g/mol. The molecule has 5 heteroatoms. The summed E-state index contributed by atoms with van der Waals surface area (Å²) in [5, 5.41) is 0. The Balaban J connectivity index is 2.00. The summed E-state index contributed by atoms with van der Waals surface area (Å²) in [4.78, 5) is 0. The average molecular weight is 290 g/mol. The van der Waals surface area contributed by atoms with Crippen LogP contribution in [0.2, 0.25) is 0 Å². The van der Waals surface area contributed by atoms with Gasteiger partial charge in [-0.15, -0.1) is 0 Å². The highest BCUT2D eigenvalue weighted by atomic mass is 32.2. The van der Waals surface area contributed by atoms with E-state index in [1.807, 2.05) is 54.6 Å². The summed E-state index contributed by atoms with van der Waals surface area (Å²) in [5.74, 6) is -0.281. The first-order valence-electron chi connectivity index (χ1n) is 6.20. The number of rotatable bonds is 5. The molecule has 0 radical (unpaired) electrons. The summed E-state index contributed by atoms with van der Waals surface area (Å²) in [6.07, 6.45) is 7.58. The standard InChI is InChI=1S/C15H15NO3S/c17-20(18,19)13-12-16-10-8-15(9-11-16)7-6-14-4-2-1-3-5-14/h1-11H,12-13H2/p+1/b7-6+. The fourth-order valence-electron chi connectivity index (χ4n) is 1.71. The van der Waals surface area contributed by atoms with Crippen molar-refractivity contribution in [2.24, 2.45) is 0 Å². The van der Waals surface area contributed by atoms with Crippen LogP contribution in [0.4, 0.5) is 0 Å². The largest absolute Gasteiger partial charge is 0.285 e. The molecule has 0 spiro atoms. The fraction of sp³-hybridized carbons (Fsp3) is 0.133. The molecule has 2 aromatic rings. The Morgan fingerprint density at radius 1 is 0.950 bits per heavy atom. The molecule has 1 N–H and O–H groups in total. The number of benzene rings is 1. The highest BCUT2D eigenvalue weighted by Crippen LogP contribution is 2.06. The van der Waals surface area contributed by atoms with Crippen molar-refractivity contribution < 1.29 is 17.5 Å². The van der Waals surface area contributed by atoms with Crippen molar-refractivity contribution in [3.8, 4) is 0 Å². The van der Waals surface area contributed by atoms with Gasteiger partial charge in [0.2, 0.25) is 0 Å². The maximum absolute atomic E-state index is 10.7. The van der Waals surface area contributed by atoms with Crippen molar-refractivity contribution in [2.75, 3.05) is 5.75 Å². The lowest BCUT2D eigenvalue weighted by Gasteiger charge is -1.96. The SMILES string of the molecule is O=S(=O)(O)CC[n+]1ccc(/C=C/c2ccccc2)cc1. The molecule has 0 aliphatic carbocycles. The maximum atomic E-state index is 10.7. The van der Waals surface area contributed by atoms with Crippen molar-refractivity contribution in [3.63, 3.8) is 0 Å². The second kappa shape index (κ2) is 6.45. The zero-order valence-corrected chi connectivity index (χ0v) is 11.7. The Bertz CT molecular complexity index is 677. The normalized spacial score (nSPS) is 11.8. The van der Waals surface area contributed by atoms with Crippen LogP contribution in [-0.4, -0.2) is 18.7 Å². The van der Waals surface area contributed by atoms with E-state index < -0.39 is 10.1 Å². The topological polar surface area (TPSA) is 58.3 Å². The Morgan fingerprint density at radius 3 is 2.05 bits per heavy atom. The van der Waals surface area contributed by atoms with Gasteiger partial charge in [-0.2, -0.15) is 8.42 Å². The Morgan fingerprint density at radius 2 is 1.50 bits per heavy atom. The molecule has 0 atom stereocenters. The smallest absolute Gasteiger partial charge is 0.271 e. The zero-order chi connectivity index (χ0) is 14.4. The lowest BCUT2D eigenvalue weighted by atomic mass is 10.1. The molecule has 0 fully saturated rings. The summed E-state index contributed by atoms with van der Waals surface area (Å²) in [5.41, 5.74) is 2.15. The van der Waals surface area contributed by atoms with E-state index in [0.717, 1.165) is 11.1 Å². The summed E-state index contributed by atoms with van der Waals surface area (Å²) in [6.45, 7) is 0.238. The van der Waals surface area contributed by atoms with E-state index in [2.05, 4.69) is 0 Å². The number of nitrogens with zero attached hydrogens (tertiary/aromatic N) is 1. The van der Waals surface area contributed by atoms with Gasteiger partial charge in [0.05, 0.1) is 0 Å². The molecule has 2 rings (SSSR count). The van der Waals surface area contributed by atoms with Crippen LogP contribution in [0.25, 0.3) is 12.2 Å².